The summed E-state index contributed by atoms with van der Waals surface area (Å²) in [5.74, 6) is -0.900. The topological polar surface area (TPSA) is 52.6 Å². The standard InChI is InChI=1S/C14H20BrClN2O2/c1-3-18(4-2)8-7-17-13(14(19)20)10-5-6-11(15)12(16)9-10/h5-6,9,13,17H,3-4,7-8H2,1-2H3,(H,19,20). The Morgan fingerprint density at radius 1 is 1.45 bits per heavy atom. The highest BCUT2D eigenvalue weighted by Crippen LogP contribution is 2.26. The molecule has 0 heterocycles. The first-order valence-corrected chi connectivity index (χ1v) is 7.80. The minimum atomic E-state index is -0.900. The van der Waals surface area contributed by atoms with Gasteiger partial charge in [0, 0.05) is 17.6 Å². The van der Waals surface area contributed by atoms with Crippen LogP contribution in [-0.4, -0.2) is 42.2 Å². The molecule has 0 radical (unpaired) electrons. The summed E-state index contributed by atoms with van der Waals surface area (Å²) in [6, 6.07) is 4.46. The number of carboxylic acids is 1. The normalized spacial score (nSPS) is 12.7. The summed E-state index contributed by atoms with van der Waals surface area (Å²) in [5, 5.41) is 12.9. The minimum absolute atomic E-state index is 0.513. The van der Waals surface area contributed by atoms with E-state index in [1.807, 2.05) is 0 Å². The van der Waals surface area contributed by atoms with Crippen LogP contribution in [0.25, 0.3) is 0 Å². The molecule has 0 amide bonds. The Balaban J connectivity index is 2.69. The summed E-state index contributed by atoms with van der Waals surface area (Å²) in [6.45, 7) is 7.53. The molecule has 0 aliphatic heterocycles. The van der Waals surface area contributed by atoms with Crippen LogP contribution in [0.2, 0.25) is 5.02 Å². The fourth-order valence-corrected chi connectivity index (χ4v) is 2.38. The van der Waals surface area contributed by atoms with Gasteiger partial charge in [0.25, 0.3) is 0 Å². The third kappa shape index (κ3) is 5.05. The summed E-state index contributed by atoms with van der Waals surface area (Å²) < 4.78 is 0.759. The Morgan fingerprint density at radius 2 is 2.10 bits per heavy atom. The fourth-order valence-electron chi connectivity index (χ4n) is 1.95. The molecule has 0 fully saturated rings. The van der Waals surface area contributed by atoms with Gasteiger partial charge >= 0.3 is 5.97 Å². The zero-order chi connectivity index (χ0) is 15.1. The lowest BCUT2D eigenvalue weighted by molar-refractivity contribution is -0.139. The van der Waals surface area contributed by atoms with Crippen LogP contribution in [-0.2, 0) is 4.79 Å². The number of aliphatic carboxylic acids is 1. The van der Waals surface area contributed by atoms with Gasteiger partial charge in [-0.15, -0.1) is 0 Å². The fraction of sp³-hybridized carbons (Fsp3) is 0.500. The number of likely N-dealkylation sites (N-methyl/N-ethyl adjacent to an activating group) is 1. The van der Waals surface area contributed by atoms with E-state index in [4.69, 9.17) is 11.6 Å². The second-order valence-electron chi connectivity index (χ2n) is 4.43. The van der Waals surface area contributed by atoms with E-state index in [0.29, 0.717) is 17.1 Å². The Hall–Kier alpha value is -0.620. The lowest BCUT2D eigenvalue weighted by Gasteiger charge is -2.21. The van der Waals surface area contributed by atoms with Gasteiger partial charge in [-0.25, -0.2) is 0 Å². The molecule has 0 bridgehead atoms. The monoisotopic (exact) mass is 362 g/mol. The van der Waals surface area contributed by atoms with Gasteiger partial charge in [0.15, 0.2) is 0 Å². The number of nitrogens with zero attached hydrogens (tertiary/aromatic N) is 1. The number of hydrogen-bond donors (Lipinski definition) is 2. The van der Waals surface area contributed by atoms with Crippen LogP contribution in [0.3, 0.4) is 0 Å². The quantitative estimate of drug-likeness (QED) is 0.745. The van der Waals surface area contributed by atoms with Crippen LogP contribution in [0, 0.1) is 0 Å². The highest BCUT2D eigenvalue weighted by atomic mass is 79.9. The third-order valence-electron chi connectivity index (χ3n) is 3.19. The molecule has 1 rings (SSSR count). The molecule has 20 heavy (non-hydrogen) atoms. The van der Waals surface area contributed by atoms with Crippen molar-refractivity contribution in [1.29, 1.82) is 0 Å². The lowest BCUT2D eigenvalue weighted by Crippen LogP contribution is -2.36. The van der Waals surface area contributed by atoms with Crippen molar-refractivity contribution in [2.45, 2.75) is 19.9 Å². The van der Waals surface area contributed by atoms with Gasteiger partial charge in [-0.1, -0.05) is 31.5 Å². The molecule has 112 valence electrons. The van der Waals surface area contributed by atoms with Crippen molar-refractivity contribution in [3.05, 3.63) is 33.3 Å². The largest absolute Gasteiger partial charge is 0.480 e. The van der Waals surface area contributed by atoms with Crippen molar-refractivity contribution < 1.29 is 9.90 Å². The van der Waals surface area contributed by atoms with Crippen molar-refractivity contribution >= 4 is 33.5 Å². The van der Waals surface area contributed by atoms with Crippen molar-refractivity contribution in [1.82, 2.24) is 10.2 Å². The molecule has 1 atom stereocenters. The van der Waals surface area contributed by atoms with Crippen molar-refractivity contribution in [3.63, 3.8) is 0 Å². The van der Waals surface area contributed by atoms with E-state index < -0.39 is 12.0 Å². The third-order valence-corrected chi connectivity index (χ3v) is 4.43. The van der Waals surface area contributed by atoms with E-state index in [1.54, 1.807) is 18.2 Å². The molecule has 0 saturated carbocycles. The van der Waals surface area contributed by atoms with Crippen molar-refractivity contribution in [3.8, 4) is 0 Å². The van der Waals surface area contributed by atoms with Gasteiger partial charge in [0.1, 0.15) is 6.04 Å². The van der Waals surface area contributed by atoms with Crippen LogP contribution in [0.5, 0.6) is 0 Å². The number of nitrogens with one attached hydrogen (secondary N) is 1. The van der Waals surface area contributed by atoms with Gasteiger partial charge in [0.05, 0.1) is 5.02 Å². The molecule has 1 unspecified atom stereocenters. The van der Waals surface area contributed by atoms with Gasteiger partial charge in [-0.2, -0.15) is 0 Å². The summed E-state index contributed by atoms with van der Waals surface area (Å²) in [4.78, 5) is 13.6. The summed E-state index contributed by atoms with van der Waals surface area (Å²) in [6.07, 6.45) is 0. The van der Waals surface area contributed by atoms with Crippen LogP contribution in [0.15, 0.2) is 22.7 Å². The molecule has 0 aliphatic carbocycles. The molecule has 4 nitrogen and oxygen atoms in total. The Morgan fingerprint density at radius 3 is 2.60 bits per heavy atom. The highest BCUT2D eigenvalue weighted by Gasteiger charge is 2.19. The molecular weight excluding hydrogens is 344 g/mol. The maximum atomic E-state index is 11.4. The average molecular weight is 364 g/mol. The number of carbonyl (C=O) groups is 1. The van der Waals surface area contributed by atoms with Gasteiger partial charge in [-0.05, 0) is 46.7 Å². The average Bonchev–Trinajstić information content (AvgIpc) is 2.42. The Bertz CT molecular complexity index is 453. The molecule has 0 aliphatic rings. The summed E-state index contributed by atoms with van der Waals surface area (Å²) in [5.41, 5.74) is 0.658. The Kier molecular flexibility index (Phi) is 7.51. The van der Waals surface area contributed by atoms with Crippen LogP contribution in [0.4, 0.5) is 0 Å². The molecule has 2 N–H and O–H groups in total. The lowest BCUT2D eigenvalue weighted by atomic mass is 10.1. The zero-order valence-electron chi connectivity index (χ0n) is 11.7. The van der Waals surface area contributed by atoms with Crippen molar-refractivity contribution in [2.75, 3.05) is 26.2 Å². The molecule has 1 aromatic rings. The second kappa shape index (κ2) is 8.62. The highest BCUT2D eigenvalue weighted by molar-refractivity contribution is 9.10. The van der Waals surface area contributed by atoms with E-state index in [-0.39, 0.29) is 0 Å². The van der Waals surface area contributed by atoms with Gasteiger partial charge < -0.3 is 10.0 Å². The molecule has 0 aromatic heterocycles. The molecule has 1 aromatic carbocycles. The van der Waals surface area contributed by atoms with Crippen LogP contribution >= 0.6 is 27.5 Å². The van der Waals surface area contributed by atoms with Crippen molar-refractivity contribution in [2.24, 2.45) is 0 Å². The van der Waals surface area contributed by atoms with Gasteiger partial charge in [-0.3, -0.25) is 10.1 Å². The number of hydrogen-bond acceptors (Lipinski definition) is 3. The first kappa shape index (κ1) is 17.4. The SMILES string of the molecule is CCN(CC)CCNC(C(=O)O)c1ccc(Br)c(Cl)c1. The first-order chi connectivity index (χ1) is 9.49. The molecule has 6 heteroatoms. The maximum Gasteiger partial charge on any atom is 0.325 e. The molecular formula is C14H20BrClN2O2. The number of rotatable bonds is 8. The zero-order valence-corrected chi connectivity index (χ0v) is 14.0. The molecule has 0 spiro atoms. The number of benzene rings is 1. The van der Waals surface area contributed by atoms with Crippen LogP contribution < -0.4 is 5.32 Å². The van der Waals surface area contributed by atoms with E-state index in [0.717, 1.165) is 24.1 Å². The minimum Gasteiger partial charge on any atom is -0.480 e. The van der Waals surface area contributed by atoms with E-state index in [1.165, 1.54) is 0 Å². The van der Waals surface area contributed by atoms with E-state index in [9.17, 15) is 9.90 Å². The second-order valence-corrected chi connectivity index (χ2v) is 5.69. The first-order valence-electron chi connectivity index (χ1n) is 6.63. The van der Waals surface area contributed by atoms with Gasteiger partial charge in [0.2, 0.25) is 0 Å². The predicted octanol–water partition coefficient (Wildman–Crippen LogP) is 3.16. The summed E-state index contributed by atoms with van der Waals surface area (Å²) >= 11 is 9.32. The van der Waals surface area contributed by atoms with Crippen LogP contribution in [0.1, 0.15) is 25.5 Å². The smallest absolute Gasteiger partial charge is 0.325 e. The maximum absolute atomic E-state index is 11.4. The van der Waals surface area contributed by atoms with E-state index in [2.05, 4.69) is 40.0 Å². The number of halogens is 2. The summed E-state index contributed by atoms with van der Waals surface area (Å²) in [7, 11) is 0. The van der Waals surface area contributed by atoms with E-state index >= 15 is 0 Å². The number of carboxylic acid groups (broad SMARTS) is 1. The predicted molar refractivity (Wildman–Crippen MR) is 85.3 cm³/mol. The Labute approximate surface area is 133 Å². The molecule has 0 saturated heterocycles.